The third-order valence-electron chi connectivity index (χ3n) is 11.6. The summed E-state index contributed by atoms with van der Waals surface area (Å²) < 4.78 is 60.0. The lowest BCUT2D eigenvalue weighted by atomic mass is 10.00. The molecule has 15 nitrogen and oxygen atoms in total. The van der Waals surface area contributed by atoms with E-state index in [0.717, 1.165) is 6.42 Å². The monoisotopic (exact) mass is 837 g/mol. The summed E-state index contributed by atoms with van der Waals surface area (Å²) in [6.07, 6.45) is 4.44. The first-order valence-electron chi connectivity index (χ1n) is 20.2. The lowest BCUT2D eigenvalue weighted by Crippen LogP contribution is -2.58. The minimum Gasteiger partial charge on any atom is -0.497 e. The van der Waals surface area contributed by atoms with Gasteiger partial charge in [0.25, 0.3) is 5.91 Å². The standard InChI is InChI=1S/C42H52FN5O10S/c1-41(2,3)58-39(52)44-32-14-9-7-5-6-8-12-27-22-42(27,38(51)46-59(54,55)29-19-20-29)45-36(49)33-21-34(35(48(33)37(32)50)25-15-17-28(56-4)18-16-25)57-40(53)47-23-26-11-10-13-31(43)30(26)24-47/h8,10-13,15-18,27,29,32-35H,5-7,9,14,19-24H2,1-4H3,(H,44,52)(H,45,49)(H,46,51)/t27-,32+,33+,34-,35+,42-/m1/s1. The summed E-state index contributed by atoms with van der Waals surface area (Å²) in [7, 11) is -2.49. The molecule has 0 bridgehead atoms. The SMILES string of the molecule is COc1ccc([C@H]2[C@H](OC(=O)N3Cc4cccc(F)c4C3)C[C@H]3C(=O)N[C@]4(C(=O)NS(=O)(=O)C5CC5)C[C@H]4C=CCCCCC[C@H](NC(=O)OC(C)(C)C)C(=O)N32)cc1. The van der Waals surface area contributed by atoms with Gasteiger partial charge in [0.15, 0.2) is 0 Å². The first-order chi connectivity index (χ1) is 28.0. The van der Waals surface area contributed by atoms with Crippen LogP contribution >= 0.6 is 0 Å². The van der Waals surface area contributed by atoms with Gasteiger partial charge >= 0.3 is 12.2 Å². The molecule has 5 amide bonds. The Labute approximate surface area is 343 Å². The van der Waals surface area contributed by atoms with Crippen molar-refractivity contribution in [1.82, 2.24) is 25.2 Å². The molecule has 3 heterocycles. The number of benzene rings is 2. The number of halogens is 1. The fraction of sp³-hybridized carbons (Fsp3) is 0.548. The number of carbonyl (C=O) groups is 5. The van der Waals surface area contributed by atoms with Crippen molar-refractivity contribution in [3.05, 3.63) is 77.1 Å². The van der Waals surface area contributed by atoms with Crippen LogP contribution in [0.5, 0.6) is 5.75 Å². The van der Waals surface area contributed by atoms with Gasteiger partial charge in [-0.05, 0) is 88.6 Å². The molecule has 2 aromatic rings. The zero-order valence-electron chi connectivity index (χ0n) is 33.7. The third-order valence-corrected chi connectivity index (χ3v) is 13.4. The Morgan fingerprint density at radius 3 is 2.41 bits per heavy atom. The molecule has 3 aliphatic heterocycles. The molecule has 318 valence electrons. The number of methoxy groups -OCH3 is 1. The smallest absolute Gasteiger partial charge is 0.410 e. The van der Waals surface area contributed by atoms with Gasteiger partial charge in [0.1, 0.15) is 40.9 Å². The average molecular weight is 838 g/mol. The van der Waals surface area contributed by atoms with E-state index in [-0.39, 0.29) is 32.4 Å². The second-order valence-corrected chi connectivity index (χ2v) is 19.0. The number of amides is 5. The summed E-state index contributed by atoms with van der Waals surface area (Å²) in [5, 5.41) is 4.90. The van der Waals surface area contributed by atoms with Gasteiger partial charge < -0.3 is 29.7 Å². The van der Waals surface area contributed by atoms with Crippen LogP contribution in [0, 0.1) is 11.7 Å². The Balaban J connectivity index is 1.27. The summed E-state index contributed by atoms with van der Waals surface area (Å²) in [6.45, 7) is 5.11. The molecule has 0 unspecified atom stereocenters. The van der Waals surface area contributed by atoms with E-state index in [9.17, 15) is 32.0 Å². The Kier molecular flexibility index (Phi) is 11.7. The van der Waals surface area contributed by atoms with Crippen molar-refractivity contribution in [2.75, 3.05) is 7.11 Å². The van der Waals surface area contributed by atoms with E-state index in [2.05, 4.69) is 15.4 Å². The highest BCUT2D eigenvalue weighted by Gasteiger charge is 2.63. The molecule has 0 spiro atoms. The van der Waals surface area contributed by atoms with Crippen molar-refractivity contribution in [2.45, 2.75) is 132 Å². The Bertz CT molecular complexity index is 2120. The maximum absolute atomic E-state index is 15.2. The average Bonchev–Trinajstić information content (AvgIpc) is 4.07. The molecule has 0 aromatic heterocycles. The van der Waals surface area contributed by atoms with Gasteiger partial charge in [-0.25, -0.2) is 22.4 Å². The zero-order chi connectivity index (χ0) is 42.3. The number of hydrogen-bond acceptors (Lipinski definition) is 10. The third kappa shape index (κ3) is 9.19. The zero-order valence-corrected chi connectivity index (χ0v) is 34.5. The van der Waals surface area contributed by atoms with E-state index in [1.54, 1.807) is 57.2 Å². The highest BCUT2D eigenvalue weighted by Crippen LogP contribution is 2.47. The molecule has 3 fully saturated rings. The molecule has 17 heteroatoms. The van der Waals surface area contributed by atoms with Crippen LogP contribution in [-0.4, -0.2) is 89.8 Å². The summed E-state index contributed by atoms with van der Waals surface area (Å²) in [5.41, 5.74) is -1.05. The van der Waals surface area contributed by atoms with Gasteiger partial charge in [-0.1, -0.05) is 49.3 Å². The van der Waals surface area contributed by atoms with Crippen molar-refractivity contribution in [1.29, 1.82) is 0 Å². The maximum atomic E-state index is 15.2. The number of allylic oxidation sites excluding steroid dienone is 1. The number of ether oxygens (including phenoxy) is 3. The predicted molar refractivity (Wildman–Crippen MR) is 211 cm³/mol. The van der Waals surface area contributed by atoms with Crippen LogP contribution in [0.25, 0.3) is 0 Å². The molecular formula is C42H52FN5O10S. The Morgan fingerprint density at radius 1 is 0.983 bits per heavy atom. The van der Waals surface area contributed by atoms with Crippen LogP contribution in [-0.2, 0) is 47.0 Å². The largest absolute Gasteiger partial charge is 0.497 e. The Morgan fingerprint density at radius 2 is 1.73 bits per heavy atom. The van der Waals surface area contributed by atoms with Crippen molar-refractivity contribution in [2.24, 2.45) is 5.92 Å². The van der Waals surface area contributed by atoms with Crippen LogP contribution in [0.15, 0.2) is 54.6 Å². The number of nitrogens with zero attached hydrogens (tertiary/aromatic N) is 2. The number of hydrogen-bond donors (Lipinski definition) is 3. The van der Waals surface area contributed by atoms with Crippen LogP contribution in [0.3, 0.4) is 0 Å². The van der Waals surface area contributed by atoms with Gasteiger partial charge in [0.05, 0.1) is 24.9 Å². The molecule has 7 rings (SSSR count). The quantitative estimate of drug-likeness (QED) is 0.324. The van der Waals surface area contributed by atoms with E-state index >= 15 is 4.79 Å². The molecule has 5 aliphatic rings. The molecular weight excluding hydrogens is 786 g/mol. The van der Waals surface area contributed by atoms with Gasteiger partial charge in [-0.3, -0.25) is 24.0 Å². The molecule has 1 saturated heterocycles. The number of rotatable bonds is 7. The van der Waals surface area contributed by atoms with E-state index in [1.807, 2.05) is 12.2 Å². The van der Waals surface area contributed by atoms with Gasteiger partial charge in [-0.15, -0.1) is 0 Å². The number of nitrogens with one attached hydrogen (secondary N) is 3. The van der Waals surface area contributed by atoms with E-state index in [1.165, 1.54) is 23.0 Å². The summed E-state index contributed by atoms with van der Waals surface area (Å²) >= 11 is 0. The fourth-order valence-corrected chi connectivity index (χ4v) is 9.63. The molecule has 2 aliphatic carbocycles. The minimum absolute atomic E-state index is 0.0501. The number of alkyl carbamates (subject to hydrolysis) is 1. The highest BCUT2D eigenvalue weighted by atomic mass is 32.2. The van der Waals surface area contributed by atoms with Crippen LogP contribution in [0.4, 0.5) is 14.0 Å². The summed E-state index contributed by atoms with van der Waals surface area (Å²) in [5.74, 6) is -2.77. The van der Waals surface area contributed by atoms with Crippen LogP contribution in [0.2, 0.25) is 0 Å². The normalized spacial score (nSPS) is 27.2. The summed E-state index contributed by atoms with van der Waals surface area (Å²) in [6, 6.07) is 7.65. The first-order valence-corrected chi connectivity index (χ1v) is 21.8. The van der Waals surface area contributed by atoms with Crippen molar-refractivity contribution >= 4 is 39.9 Å². The maximum Gasteiger partial charge on any atom is 0.410 e. The van der Waals surface area contributed by atoms with Crippen molar-refractivity contribution in [3.8, 4) is 5.75 Å². The molecule has 2 aromatic carbocycles. The number of sulfonamides is 1. The van der Waals surface area contributed by atoms with E-state index < -0.39 is 92.3 Å². The van der Waals surface area contributed by atoms with Crippen molar-refractivity contribution < 1.29 is 51.0 Å². The Hall–Kier alpha value is -5.19. The van der Waals surface area contributed by atoms with Gasteiger partial charge in [0.2, 0.25) is 21.8 Å². The topological polar surface area (TPSA) is 190 Å². The van der Waals surface area contributed by atoms with Gasteiger partial charge in [-0.2, -0.15) is 0 Å². The molecule has 6 atom stereocenters. The van der Waals surface area contributed by atoms with E-state index in [4.69, 9.17) is 14.2 Å². The second kappa shape index (κ2) is 16.5. The van der Waals surface area contributed by atoms with E-state index in [0.29, 0.717) is 54.5 Å². The first kappa shape index (κ1) is 42.0. The van der Waals surface area contributed by atoms with Crippen molar-refractivity contribution in [3.63, 3.8) is 0 Å². The minimum atomic E-state index is -3.98. The number of fused-ring (bicyclic) bond motifs is 3. The van der Waals surface area contributed by atoms with Crippen LogP contribution < -0.4 is 20.1 Å². The predicted octanol–water partition coefficient (Wildman–Crippen LogP) is 4.89. The fourth-order valence-electron chi connectivity index (χ4n) is 8.26. The highest BCUT2D eigenvalue weighted by molar-refractivity contribution is 7.91. The second-order valence-electron chi connectivity index (χ2n) is 17.1. The summed E-state index contributed by atoms with van der Waals surface area (Å²) in [4.78, 5) is 73.8. The van der Waals surface area contributed by atoms with Gasteiger partial charge in [0, 0.05) is 24.4 Å². The molecule has 0 radical (unpaired) electrons. The molecule has 59 heavy (non-hydrogen) atoms. The lowest BCUT2D eigenvalue weighted by Gasteiger charge is -2.35. The molecule has 2 saturated carbocycles. The lowest BCUT2D eigenvalue weighted by molar-refractivity contribution is -0.143. The molecule has 3 N–H and O–H groups in total. The van der Waals surface area contributed by atoms with Crippen LogP contribution in [0.1, 0.15) is 101 Å². The number of carbonyl (C=O) groups excluding carboxylic acids is 5.